The molecule has 2 amide bonds. The van der Waals surface area contributed by atoms with Gasteiger partial charge in [-0.1, -0.05) is 29.8 Å². The number of rotatable bonds is 8. The lowest BCUT2D eigenvalue weighted by atomic mass is 10.0. The SMILES string of the molecule is COc1ccccc1CCNC(=O)C1CSC2(CCN(C(=O)COc3ccc(Cl)cc3)CC2)N1. The second kappa shape index (κ2) is 11.3. The number of hydrogen-bond donors (Lipinski definition) is 2. The highest BCUT2D eigenvalue weighted by molar-refractivity contribution is 8.01. The lowest BCUT2D eigenvalue weighted by Gasteiger charge is -2.39. The molecule has 2 aliphatic heterocycles. The van der Waals surface area contributed by atoms with E-state index in [0.717, 1.165) is 36.3 Å². The van der Waals surface area contributed by atoms with E-state index in [4.69, 9.17) is 21.1 Å². The zero-order valence-electron chi connectivity index (χ0n) is 19.2. The van der Waals surface area contributed by atoms with Gasteiger partial charge in [0.25, 0.3) is 5.91 Å². The molecule has 2 N–H and O–H groups in total. The van der Waals surface area contributed by atoms with Gasteiger partial charge in [0.15, 0.2) is 6.61 Å². The van der Waals surface area contributed by atoms with Crippen molar-refractivity contribution in [3.63, 3.8) is 0 Å². The zero-order chi connectivity index (χ0) is 24.0. The Morgan fingerprint density at radius 1 is 1.18 bits per heavy atom. The molecule has 34 heavy (non-hydrogen) atoms. The Morgan fingerprint density at radius 3 is 2.65 bits per heavy atom. The van der Waals surface area contributed by atoms with Crippen LogP contribution in [0.2, 0.25) is 5.02 Å². The van der Waals surface area contributed by atoms with Crippen LogP contribution in [-0.4, -0.2) is 66.7 Å². The van der Waals surface area contributed by atoms with Gasteiger partial charge in [-0.15, -0.1) is 11.8 Å². The van der Waals surface area contributed by atoms with Crippen LogP contribution < -0.4 is 20.1 Å². The number of carbonyl (C=O) groups is 2. The third kappa shape index (κ3) is 6.17. The Kier molecular flexibility index (Phi) is 8.24. The lowest BCUT2D eigenvalue weighted by molar-refractivity contribution is -0.134. The predicted octanol–water partition coefficient (Wildman–Crippen LogP) is 3.11. The molecule has 1 unspecified atom stereocenters. The third-order valence-electron chi connectivity index (χ3n) is 6.27. The molecule has 9 heteroatoms. The van der Waals surface area contributed by atoms with Gasteiger partial charge in [-0.2, -0.15) is 0 Å². The Morgan fingerprint density at radius 2 is 1.91 bits per heavy atom. The van der Waals surface area contributed by atoms with Crippen molar-refractivity contribution in [2.24, 2.45) is 0 Å². The normalized spacial score (nSPS) is 19.1. The highest BCUT2D eigenvalue weighted by Gasteiger charge is 2.44. The van der Waals surface area contributed by atoms with Crippen molar-refractivity contribution >= 4 is 35.2 Å². The standard InChI is InChI=1S/C25H30ClN3O4S/c1-32-22-5-3-2-4-18(22)10-13-27-24(31)21-17-34-25(28-21)11-14-29(15-12-25)23(30)16-33-20-8-6-19(26)7-9-20/h2-9,21,28H,10-17H2,1H3,(H,27,31). The number of amides is 2. The third-order valence-corrected chi connectivity index (χ3v) is 8.10. The first-order valence-corrected chi connectivity index (χ1v) is 12.8. The van der Waals surface area contributed by atoms with E-state index in [9.17, 15) is 9.59 Å². The van der Waals surface area contributed by atoms with Gasteiger partial charge in [-0.3, -0.25) is 14.9 Å². The summed E-state index contributed by atoms with van der Waals surface area (Å²) in [5, 5.41) is 7.22. The molecule has 0 radical (unpaired) electrons. The first-order chi connectivity index (χ1) is 16.5. The number of nitrogens with zero attached hydrogens (tertiary/aromatic N) is 1. The minimum Gasteiger partial charge on any atom is -0.496 e. The van der Waals surface area contributed by atoms with Crippen molar-refractivity contribution in [1.82, 2.24) is 15.5 Å². The molecule has 0 bridgehead atoms. The van der Waals surface area contributed by atoms with Crippen molar-refractivity contribution in [3.8, 4) is 11.5 Å². The maximum atomic E-state index is 12.7. The molecular weight excluding hydrogens is 474 g/mol. The smallest absolute Gasteiger partial charge is 0.260 e. The fourth-order valence-corrected chi connectivity index (χ4v) is 5.85. The Balaban J connectivity index is 1.19. The van der Waals surface area contributed by atoms with E-state index in [1.807, 2.05) is 29.2 Å². The fourth-order valence-electron chi connectivity index (χ4n) is 4.31. The summed E-state index contributed by atoms with van der Waals surface area (Å²) >= 11 is 7.67. The zero-order valence-corrected chi connectivity index (χ0v) is 20.8. The van der Waals surface area contributed by atoms with E-state index >= 15 is 0 Å². The second-order valence-corrected chi connectivity index (χ2v) is 10.3. The van der Waals surface area contributed by atoms with Crippen molar-refractivity contribution in [3.05, 3.63) is 59.1 Å². The van der Waals surface area contributed by atoms with Crippen LogP contribution in [0.15, 0.2) is 48.5 Å². The second-order valence-electron chi connectivity index (χ2n) is 8.48. The number of methoxy groups -OCH3 is 1. The van der Waals surface area contributed by atoms with Crippen molar-refractivity contribution in [2.75, 3.05) is 39.1 Å². The number of hydrogen-bond acceptors (Lipinski definition) is 6. The number of thioether (sulfide) groups is 1. The first-order valence-electron chi connectivity index (χ1n) is 11.5. The van der Waals surface area contributed by atoms with Crippen LogP contribution >= 0.6 is 23.4 Å². The fraction of sp³-hybridized carbons (Fsp3) is 0.440. The highest BCUT2D eigenvalue weighted by atomic mass is 35.5. The first kappa shape index (κ1) is 24.7. The predicted molar refractivity (Wildman–Crippen MR) is 135 cm³/mol. The Hall–Kier alpha value is -2.42. The van der Waals surface area contributed by atoms with E-state index in [2.05, 4.69) is 10.6 Å². The number of piperidine rings is 1. The number of halogens is 1. The molecule has 2 aromatic rings. The molecule has 7 nitrogen and oxygen atoms in total. The molecule has 2 aromatic carbocycles. The van der Waals surface area contributed by atoms with Crippen LogP contribution in [-0.2, 0) is 16.0 Å². The quantitative estimate of drug-likeness (QED) is 0.576. The van der Waals surface area contributed by atoms with Gasteiger partial charge >= 0.3 is 0 Å². The Labute approximate surface area is 209 Å². The number of nitrogens with one attached hydrogen (secondary N) is 2. The molecule has 2 aliphatic rings. The number of carbonyl (C=O) groups excluding carboxylic acids is 2. The summed E-state index contributed by atoms with van der Waals surface area (Å²) in [6.07, 6.45) is 2.32. The molecule has 4 rings (SSSR count). The highest BCUT2D eigenvalue weighted by Crippen LogP contribution is 2.39. The number of para-hydroxylation sites is 1. The molecule has 2 saturated heterocycles. The summed E-state index contributed by atoms with van der Waals surface area (Å²) in [7, 11) is 1.65. The van der Waals surface area contributed by atoms with Gasteiger partial charge in [0, 0.05) is 30.4 Å². The molecule has 0 aliphatic carbocycles. The van der Waals surface area contributed by atoms with Gasteiger partial charge in [0.1, 0.15) is 11.5 Å². The van der Waals surface area contributed by atoms with Crippen LogP contribution in [0.3, 0.4) is 0 Å². The van der Waals surface area contributed by atoms with Gasteiger partial charge in [-0.25, -0.2) is 0 Å². The number of likely N-dealkylation sites (tertiary alicyclic amines) is 1. The molecule has 2 heterocycles. The number of benzene rings is 2. The lowest BCUT2D eigenvalue weighted by Crippen LogP contribution is -2.54. The Bertz CT molecular complexity index is 996. The average molecular weight is 504 g/mol. The van der Waals surface area contributed by atoms with Gasteiger partial charge in [0.05, 0.1) is 18.0 Å². The molecule has 0 saturated carbocycles. The van der Waals surface area contributed by atoms with E-state index < -0.39 is 0 Å². The van der Waals surface area contributed by atoms with E-state index in [0.29, 0.717) is 30.4 Å². The summed E-state index contributed by atoms with van der Waals surface area (Å²) in [4.78, 5) is 27.0. The van der Waals surface area contributed by atoms with E-state index in [-0.39, 0.29) is 29.3 Å². The van der Waals surface area contributed by atoms with Crippen LogP contribution in [0, 0.1) is 0 Å². The van der Waals surface area contributed by atoms with E-state index in [1.165, 1.54) is 0 Å². The van der Waals surface area contributed by atoms with Crippen molar-refractivity contribution < 1.29 is 19.1 Å². The average Bonchev–Trinajstić information content (AvgIpc) is 3.27. The monoisotopic (exact) mass is 503 g/mol. The topological polar surface area (TPSA) is 79.9 Å². The summed E-state index contributed by atoms with van der Waals surface area (Å²) < 4.78 is 11.0. The summed E-state index contributed by atoms with van der Waals surface area (Å²) in [5.41, 5.74) is 1.08. The molecule has 1 spiro atoms. The van der Waals surface area contributed by atoms with Crippen molar-refractivity contribution in [1.29, 1.82) is 0 Å². The van der Waals surface area contributed by atoms with Crippen LogP contribution in [0.25, 0.3) is 0 Å². The number of ether oxygens (including phenoxy) is 2. The van der Waals surface area contributed by atoms with Crippen molar-refractivity contribution in [2.45, 2.75) is 30.2 Å². The molecule has 0 aromatic heterocycles. The molecule has 182 valence electrons. The van der Waals surface area contributed by atoms with Crippen LogP contribution in [0.4, 0.5) is 0 Å². The van der Waals surface area contributed by atoms with Crippen LogP contribution in [0.5, 0.6) is 11.5 Å². The summed E-state index contributed by atoms with van der Waals surface area (Å²) in [6.45, 7) is 1.85. The van der Waals surface area contributed by atoms with Gasteiger partial charge in [0.2, 0.25) is 5.91 Å². The summed E-state index contributed by atoms with van der Waals surface area (Å²) in [6, 6.07) is 14.6. The minimum absolute atomic E-state index is 0.00638. The van der Waals surface area contributed by atoms with Crippen LogP contribution in [0.1, 0.15) is 18.4 Å². The minimum atomic E-state index is -0.224. The van der Waals surface area contributed by atoms with Gasteiger partial charge < -0.3 is 19.7 Å². The summed E-state index contributed by atoms with van der Waals surface area (Å²) in [5.74, 6) is 2.19. The maximum absolute atomic E-state index is 12.7. The maximum Gasteiger partial charge on any atom is 0.260 e. The van der Waals surface area contributed by atoms with E-state index in [1.54, 1.807) is 43.1 Å². The molecule has 1 atom stereocenters. The molecule has 2 fully saturated rings. The largest absolute Gasteiger partial charge is 0.496 e. The van der Waals surface area contributed by atoms with Gasteiger partial charge in [-0.05, 0) is 55.2 Å². The molecular formula is C25H30ClN3O4S.